The Labute approximate surface area is 170 Å². The molecule has 1 heterocycles. The first-order chi connectivity index (χ1) is 14.2. The molecule has 160 valence electrons. The molecule has 1 saturated heterocycles. The SMILES string of the molecule is O=C(O)c1cc(C(=O)O)cc(-c2ccc(O[C@H]3O[C@H](CO)[C@@H](O)[C@H](O)[C@@H]3O)cc2)c1. The van der Waals surface area contributed by atoms with E-state index in [1.165, 1.54) is 24.3 Å². The number of aliphatic hydroxyl groups excluding tert-OH is 4. The molecular weight excluding hydrogens is 400 g/mol. The van der Waals surface area contributed by atoms with E-state index < -0.39 is 49.3 Å². The minimum absolute atomic E-state index is 0.174. The summed E-state index contributed by atoms with van der Waals surface area (Å²) >= 11 is 0. The molecule has 0 radical (unpaired) electrons. The monoisotopic (exact) mass is 420 g/mol. The quantitative estimate of drug-likeness (QED) is 0.371. The third-order valence-electron chi connectivity index (χ3n) is 4.72. The predicted octanol–water partition coefficient (Wildman–Crippen LogP) is -0.0713. The molecule has 30 heavy (non-hydrogen) atoms. The molecule has 10 heteroatoms. The lowest BCUT2D eigenvalue weighted by Gasteiger charge is -2.39. The van der Waals surface area contributed by atoms with Gasteiger partial charge in [-0.15, -0.1) is 0 Å². The Morgan fingerprint density at radius 2 is 1.40 bits per heavy atom. The van der Waals surface area contributed by atoms with Crippen LogP contribution in [0.25, 0.3) is 11.1 Å². The van der Waals surface area contributed by atoms with Crippen molar-refractivity contribution in [1.82, 2.24) is 0 Å². The average molecular weight is 420 g/mol. The molecule has 1 aliphatic rings. The van der Waals surface area contributed by atoms with Gasteiger partial charge in [-0.1, -0.05) is 12.1 Å². The van der Waals surface area contributed by atoms with E-state index in [1.807, 2.05) is 0 Å². The van der Waals surface area contributed by atoms with Crippen LogP contribution in [0, 0.1) is 0 Å². The number of carboxylic acids is 2. The van der Waals surface area contributed by atoms with E-state index in [9.17, 15) is 40.2 Å². The standard InChI is InChI=1S/C20H20O10/c21-8-14-15(22)16(23)17(24)20(30-14)29-13-3-1-9(2-4-13)10-5-11(18(25)26)7-12(6-10)19(27)28/h1-7,14-17,20-24H,8H2,(H,25,26)(H,27,28)/t14-,15-,16+,17+,20+/m1/s1. The van der Waals surface area contributed by atoms with Crippen LogP contribution in [0.5, 0.6) is 5.75 Å². The van der Waals surface area contributed by atoms with Crippen molar-refractivity contribution in [3.05, 3.63) is 53.6 Å². The van der Waals surface area contributed by atoms with E-state index in [2.05, 4.69) is 0 Å². The molecule has 1 fully saturated rings. The van der Waals surface area contributed by atoms with Crippen LogP contribution in [0.15, 0.2) is 42.5 Å². The van der Waals surface area contributed by atoms with Crippen molar-refractivity contribution in [2.24, 2.45) is 0 Å². The summed E-state index contributed by atoms with van der Waals surface area (Å²) in [5, 5.41) is 57.2. The highest BCUT2D eigenvalue weighted by atomic mass is 16.7. The Kier molecular flexibility index (Phi) is 6.34. The summed E-state index contributed by atoms with van der Waals surface area (Å²) in [6, 6.07) is 9.78. The van der Waals surface area contributed by atoms with Crippen LogP contribution in [-0.2, 0) is 4.74 Å². The van der Waals surface area contributed by atoms with Crippen molar-refractivity contribution >= 4 is 11.9 Å². The molecule has 3 rings (SSSR count). The average Bonchev–Trinajstić information content (AvgIpc) is 2.74. The molecule has 10 nitrogen and oxygen atoms in total. The first-order valence-corrected chi connectivity index (χ1v) is 8.90. The van der Waals surface area contributed by atoms with Gasteiger partial charge in [0.05, 0.1) is 17.7 Å². The number of hydrogen-bond donors (Lipinski definition) is 6. The highest BCUT2D eigenvalue weighted by Crippen LogP contribution is 2.28. The van der Waals surface area contributed by atoms with Gasteiger partial charge in [-0.05, 0) is 41.5 Å². The van der Waals surface area contributed by atoms with E-state index in [-0.39, 0.29) is 16.9 Å². The van der Waals surface area contributed by atoms with E-state index in [0.29, 0.717) is 11.1 Å². The first kappa shape index (κ1) is 21.7. The molecule has 5 atom stereocenters. The number of aliphatic hydroxyl groups is 4. The summed E-state index contributed by atoms with van der Waals surface area (Å²) in [5.41, 5.74) is 0.534. The number of carbonyl (C=O) groups is 2. The van der Waals surface area contributed by atoms with Gasteiger partial charge in [0.1, 0.15) is 30.2 Å². The summed E-state index contributed by atoms with van der Waals surface area (Å²) in [4.78, 5) is 22.5. The molecule has 1 aliphatic heterocycles. The summed E-state index contributed by atoms with van der Waals surface area (Å²) in [6.45, 7) is -0.588. The lowest BCUT2D eigenvalue weighted by molar-refractivity contribution is -0.277. The van der Waals surface area contributed by atoms with E-state index in [4.69, 9.17) is 9.47 Å². The van der Waals surface area contributed by atoms with Crippen molar-refractivity contribution < 1.29 is 49.7 Å². The van der Waals surface area contributed by atoms with Crippen LogP contribution in [0.3, 0.4) is 0 Å². The maximum Gasteiger partial charge on any atom is 0.335 e. The zero-order valence-corrected chi connectivity index (χ0v) is 15.5. The highest BCUT2D eigenvalue weighted by molar-refractivity contribution is 5.96. The third-order valence-corrected chi connectivity index (χ3v) is 4.72. The van der Waals surface area contributed by atoms with Crippen molar-refractivity contribution in [3.63, 3.8) is 0 Å². The molecule has 6 N–H and O–H groups in total. The van der Waals surface area contributed by atoms with Crippen LogP contribution in [0.1, 0.15) is 20.7 Å². The van der Waals surface area contributed by atoms with Gasteiger partial charge in [0.15, 0.2) is 0 Å². The van der Waals surface area contributed by atoms with Gasteiger partial charge in [0, 0.05) is 0 Å². The fourth-order valence-electron chi connectivity index (χ4n) is 3.07. The van der Waals surface area contributed by atoms with Crippen molar-refractivity contribution in [3.8, 4) is 16.9 Å². The predicted molar refractivity (Wildman–Crippen MR) is 100 cm³/mol. The number of aromatic carboxylic acids is 2. The Bertz CT molecular complexity index is 891. The summed E-state index contributed by atoms with van der Waals surface area (Å²) in [6.07, 6.45) is -7.10. The van der Waals surface area contributed by atoms with Crippen LogP contribution in [-0.4, -0.2) is 79.9 Å². The Hall–Kier alpha value is -3.02. The van der Waals surface area contributed by atoms with Gasteiger partial charge in [-0.3, -0.25) is 0 Å². The Morgan fingerprint density at radius 1 is 0.833 bits per heavy atom. The highest BCUT2D eigenvalue weighted by Gasteiger charge is 2.44. The van der Waals surface area contributed by atoms with E-state index >= 15 is 0 Å². The fourth-order valence-corrected chi connectivity index (χ4v) is 3.07. The normalized spacial score (nSPS) is 26.2. The van der Waals surface area contributed by atoms with Gasteiger partial charge in [0.25, 0.3) is 0 Å². The molecule has 0 aromatic heterocycles. The second-order valence-corrected chi connectivity index (χ2v) is 6.75. The molecular formula is C20H20O10. The molecule has 0 spiro atoms. The smallest absolute Gasteiger partial charge is 0.335 e. The molecule has 2 aromatic carbocycles. The summed E-state index contributed by atoms with van der Waals surface area (Å²) in [7, 11) is 0. The maximum atomic E-state index is 11.3. The Balaban J connectivity index is 1.82. The topological polar surface area (TPSA) is 174 Å². The second kappa shape index (κ2) is 8.78. The summed E-state index contributed by atoms with van der Waals surface area (Å²) < 4.78 is 10.8. The number of carboxylic acid groups (broad SMARTS) is 2. The van der Waals surface area contributed by atoms with Crippen LogP contribution < -0.4 is 4.74 Å². The zero-order valence-electron chi connectivity index (χ0n) is 15.5. The minimum Gasteiger partial charge on any atom is -0.478 e. The molecule has 0 amide bonds. The van der Waals surface area contributed by atoms with Gasteiger partial charge in [-0.25, -0.2) is 9.59 Å². The number of benzene rings is 2. The van der Waals surface area contributed by atoms with E-state index in [0.717, 1.165) is 6.07 Å². The Morgan fingerprint density at radius 3 is 1.90 bits per heavy atom. The minimum atomic E-state index is -1.58. The fraction of sp³-hybridized carbons (Fsp3) is 0.300. The number of hydrogen-bond acceptors (Lipinski definition) is 8. The van der Waals surface area contributed by atoms with Crippen molar-refractivity contribution in [1.29, 1.82) is 0 Å². The lowest BCUT2D eigenvalue weighted by Crippen LogP contribution is -2.60. The maximum absolute atomic E-state index is 11.3. The number of rotatable bonds is 6. The van der Waals surface area contributed by atoms with Crippen LogP contribution in [0.2, 0.25) is 0 Å². The largest absolute Gasteiger partial charge is 0.478 e. The van der Waals surface area contributed by atoms with Gasteiger partial charge in [0.2, 0.25) is 6.29 Å². The molecule has 2 aromatic rings. The van der Waals surface area contributed by atoms with Gasteiger partial charge in [-0.2, -0.15) is 0 Å². The van der Waals surface area contributed by atoms with Crippen molar-refractivity contribution in [2.75, 3.05) is 6.61 Å². The van der Waals surface area contributed by atoms with Crippen LogP contribution >= 0.6 is 0 Å². The second-order valence-electron chi connectivity index (χ2n) is 6.75. The molecule has 0 saturated carbocycles. The third kappa shape index (κ3) is 4.42. The van der Waals surface area contributed by atoms with E-state index in [1.54, 1.807) is 12.1 Å². The van der Waals surface area contributed by atoms with Crippen molar-refractivity contribution in [2.45, 2.75) is 30.7 Å². The summed E-state index contributed by atoms with van der Waals surface area (Å²) in [5.74, 6) is -2.31. The number of ether oxygens (including phenoxy) is 2. The zero-order chi connectivity index (χ0) is 22.0. The van der Waals surface area contributed by atoms with Gasteiger partial charge >= 0.3 is 11.9 Å². The molecule has 0 bridgehead atoms. The molecule has 0 aliphatic carbocycles. The molecule has 0 unspecified atom stereocenters. The van der Waals surface area contributed by atoms with Crippen LogP contribution in [0.4, 0.5) is 0 Å². The first-order valence-electron chi connectivity index (χ1n) is 8.90. The van der Waals surface area contributed by atoms with Gasteiger partial charge < -0.3 is 40.1 Å². The lowest BCUT2D eigenvalue weighted by atomic mass is 9.99.